The number of nitrogens with one attached hydrogen (secondary N) is 1. The molecule has 112 valence electrons. The fourth-order valence-corrected chi connectivity index (χ4v) is 4.81. The summed E-state index contributed by atoms with van der Waals surface area (Å²) in [4.78, 5) is 14.0. The summed E-state index contributed by atoms with van der Waals surface area (Å²) in [6, 6.07) is 16.0. The van der Waals surface area contributed by atoms with Gasteiger partial charge in [0, 0.05) is 23.5 Å². The Morgan fingerprint density at radius 3 is 2.73 bits per heavy atom. The van der Waals surface area contributed by atoms with Gasteiger partial charge in [-0.3, -0.25) is 0 Å². The minimum atomic E-state index is -0.439. The summed E-state index contributed by atoms with van der Waals surface area (Å²) < 4.78 is 5.26. The molecule has 2 aliphatic rings. The molecule has 2 amide bonds. The van der Waals surface area contributed by atoms with Gasteiger partial charge in [-0.15, -0.1) is 11.8 Å². The van der Waals surface area contributed by atoms with Gasteiger partial charge in [0.15, 0.2) is 0 Å². The van der Waals surface area contributed by atoms with E-state index in [0.717, 1.165) is 34.9 Å². The van der Waals surface area contributed by atoms with Crippen molar-refractivity contribution in [3.8, 4) is 5.75 Å². The molecule has 1 fully saturated rings. The molecule has 1 atom stereocenters. The number of ether oxygens (including phenoxy) is 1. The second-order valence-electron chi connectivity index (χ2n) is 5.35. The Morgan fingerprint density at radius 2 is 1.95 bits per heavy atom. The summed E-state index contributed by atoms with van der Waals surface area (Å²) in [5.41, 5.74) is 3.15. The first-order valence-electron chi connectivity index (χ1n) is 7.22. The average Bonchev–Trinajstić information content (AvgIpc) is 3.02. The lowest BCUT2D eigenvalue weighted by atomic mass is 9.93. The molecule has 2 aliphatic heterocycles. The van der Waals surface area contributed by atoms with E-state index < -0.39 is 4.87 Å². The van der Waals surface area contributed by atoms with Crippen LogP contribution in [0.1, 0.15) is 11.1 Å². The van der Waals surface area contributed by atoms with Crippen molar-refractivity contribution in [2.24, 2.45) is 0 Å². The number of rotatable bonds is 2. The summed E-state index contributed by atoms with van der Waals surface area (Å²) in [5, 5.41) is 3.00. The zero-order valence-corrected chi connectivity index (χ0v) is 13.0. The third-order valence-electron chi connectivity index (χ3n) is 4.27. The number of urea groups is 1. The summed E-state index contributed by atoms with van der Waals surface area (Å²) >= 11 is 1.81. The highest BCUT2D eigenvalue weighted by atomic mass is 32.2. The van der Waals surface area contributed by atoms with Crippen molar-refractivity contribution in [1.29, 1.82) is 0 Å². The quantitative estimate of drug-likeness (QED) is 0.923. The number of fused-ring (bicyclic) bond motifs is 3. The van der Waals surface area contributed by atoms with Crippen LogP contribution in [-0.4, -0.2) is 30.3 Å². The summed E-state index contributed by atoms with van der Waals surface area (Å²) in [6.07, 6.45) is 0. The Hall–Kier alpha value is -2.14. The van der Waals surface area contributed by atoms with Crippen molar-refractivity contribution < 1.29 is 9.53 Å². The van der Waals surface area contributed by atoms with E-state index >= 15 is 0 Å². The topological polar surface area (TPSA) is 41.6 Å². The van der Waals surface area contributed by atoms with E-state index in [1.54, 1.807) is 7.11 Å². The fourth-order valence-electron chi connectivity index (χ4n) is 3.27. The molecule has 2 aromatic carbocycles. The number of para-hydroxylation sites is 1. The molecule has 2 heterocycles. The molecule has 0 saturated carbocycles. The van der Waals surface area contributed by atoms with Crippen LogP contribution in [0, 0.1) is 0 Å². The van der Waals surface area contributed by atoms with Crippen LogP contribution in [-0.2, 0) is 4.87 Å². The molecule has 0 aromatic heterocycles. The Morgan fingerprint density at radius 1 is 1.18 bits per heavy atom. The first kappa shape index (κ1) is 13.5. The summed E-state index contributed by atoms with van der Waals surface area (Å²) in [7, 11) is 1.66. The number of benzene rings is 2. The summed E-state index contributed by atoms with van der Waals surface area (Å²) in [5.74, 6) is 1.75. The lowest BCUT2D eigenvalue weighted by Crippen LogP contribution is -2.50. The van der Waals surface area contributed by atoms with Gasteiger partial charge in [-0.05, 0) is 23.8 Å². The van der Waals surface area contributed by atoms with Gasteiger partial charge >= 0.3 is 6.03 Å². The van der Waals surface area contributed by atoms with Crippen molar-refractivity contribution in [3.63, 3.8) is 0 Å². The van der Waals surface area contributed by atoms with Crippen molar-refractivity contribution >= 4 is 23.5 Å². The number of carbonyl (C=O) groups is 1. The molecule has 22 heavy (non-hydrogen) atoms. The largest absolute Gasteiger partial charge is 0.497 e. The monoisotopic (exact) mass is 312 g/mol. The third-order valence-corrected chi connectivity index (χ3v) is 5.75. The van der Waals surface area contributed by atoms with Crippen LogP contribution in [0.3, 0.4) is 0 Å². The number of thioether (sulfide) groups is 1. The zero-order chi connectivity index (χ0) is 15.2. The lowest BCUT2D eigenvalue weighted by Gasteiger charge is -2.43. The van der Waals surface area contributed by atoms with Gasteiger partial charge in [0.05, 0.1) is 7.11 Å². The average molecular weight is 312 g/mol. The van der Waals surface area contributed by atoms with Gasteiger partial charge in [0.2, 0.25) is 0 Å². The van der Waals surface area contributed by atoms with E-state index in [0.29, 0.717) is 0 Å². The molecule has 1 N–H and O–H groups in total. The molecule has 0 radical (unpaired) electrons. The lowest BCUT2D eigenvalue weighted by molar-refractivity contribution is 0.195. The SMILES string of the molecule is COc1ccc(C23SCCN2C(=O)Nc2ccccc23)cc1. The molecular weight excluding hydrogens is 296 g/mol. The van der Waals surface area contributed by atoms with Gasteiger partial charge < -0.3 is 15.0 Å². The fraction of sp³-hybridized carbons (Fsp3) is 0.235. The van der Waals surface area contributed by atoms with Crippen LogP contribution in [0.4, 0.5) is 10.5 Å². The van der Waals surface area contributed by atoms with Gasteiger partial charge in [0.25, 0.3) is 0 Å². The van der Waals surface area contributed by atoms with E-state index in [2.05, 4.69) is 23.5 Å². The number of hydrogen-bond donors (Lipinski definition) is 1. The number of methoxy groups -OCH3 is 1. The van der Waals surface area contributed by atoms with Gasteiger partial charge in [-0.25, -0.2) is 4.79 Å². The number of amides is 2. The highest BCUT2D eigenvalue weighted by Gasteiger charge is 2.51. The molecule has 0 spiro atoms. The predicted molar refractivity (Wildman–Crippen MR) is 88.4 cm³/mol. The number of carbonyl (C=O) groups excluding carboxylic acids is 1. The third kappa shape index (κ3) is 1.75. The van der Waals surface area contributed by atoms with E-state index in [-0.39, 0.29) is 6.03 Å². The molecule has 5 heteroatoms. The van der Waals surface area contributed by atoms with Crippen molar-refractivity contribution in [1.82, 2.24) is 4.90 Å². The first-order chi connectivity index (χ1) is 10.8. The Bertz CT molecular complexity index is 732. The molecule has 4 nitrogen and oxygen atoms in total. The van der Waals surface area contributed by atoms with E-state index in [1.165, 1.54) is 0 Å². The van der Waals surface area contributed by atoms with E-state index in [1.807, 2.05) is 47.0 Å². The van der Waals surface area contributed by atoms with Crippen LogP contribution < -0.4 is 10.1 Å². The van der Waals surface area contributed by atoms with E-state index in [4.69, 9.17) is 4.74 Å². The van der Waals surface area contributed by atoms with Crippen molar-refractivity contribution in [2.45, 2.75) is 4.87 Å². The second kappa shape index (κ2) is 4.95. The van der Waals surface area contributed by atoms with Gasteiger partial charge in [0.1, 0.15) is 10.6 Å². The predicted octanol–water partition coefficient (Wildman–Crippen LogP) is 3.49. The number of anilines is 1. The maximum atomic E-state index is 12.5. The maximum Gasteiger partial charge on any atom is 0.323 e. The Labute approximate surface area is 133 Å². The molecule has 4 rings (SSSR count). The zero-order valence-electron chi connectivity index (χ0n) is 12.2. The molecule has 2 aromatic rings. The smallest absolute Gasteiger partial charge is 0.323 e. The standard InChI is InChI=1S/C17H16N2O2S/c1-21-13-8-6-12(7-9-13)17-14-4-2-3-5-15(14)18-16(20)19(17)10-11-22-17/h2-9H,10-11H2,1H3,(H,18,20). The van der Waals surface area contributed by atoms with Crippen molar-refractivity contribution in [3.05, 3.63) is 59.7 Å². The maximum absolute atomic E-state index is 12.5. The molecule has 0 aliphatic carbocycles. The minimum absolute atomic E-state index is 0.0282. The number of nitrogens with zero attached hydrogens (tertiary/aromatic N) is 1. The Balaban J connectivity index is 1.94. The normalized spacial score (nSPS) is 22.8. The van der Waals surface area contributed by atoms with Crippen molar-refractivity contribution in [2.75, 3.05) is 24.7 Å². The van der Waals surface area contributed by atoms with Gasteiger partial charge in [-0.2, -0.15) is 0 Å². The van der Waals surface area contributed by atoms with Gasteiger partial charge in [-0.1, -0.05) is 30.3 Å². The summed E-state index contributed by atoms with van der Waals surface area (Å²) in [6.45, 7) is 0.747. The minimum Gasteiger partial charge on any atom is -0.497 e. The van der Waals surface area contributed by atoms with Crippen LogP contribution in [0.15, 0.2) is 48.5 Å². The molecule has 0 bridgehead atoms. The van der Waals surface area contributed by atoms with Crippen LogP contribution in [0.25, 0.3) is 0 Å². The van der Waals surface area contributed by atoms with E-state index in [9.17, 15) is 4.79 Å². The highest BCUT2D eigenvalue weighted by molar-refractivity contribution is 8.00. The number of hydrogen-bond acceptors (Lipinski definition) is 3. The molecular formula is C17H16N2O2S. The Kier molecular flexibility index (Phi) is 3.04. The van der Waals surface area contributed by atoms with Crippen LogP contribution >= 0.6 is 11.8 Å². The second-order valence-corrected chi connectivity index (χ2v) is 6.64. The van der Waals surface area contributed by atoms with Crippen LogP contribution in [0.2, 0.25) is 0 Å². The highest BCUT2D eigenvalue weighted by Crippen LogP contribution is 2.54. The molecule has 1 unspecified atom stereocenters. The molecule has 1 saturated heterocycles. The van der Waals surface area contributed by atoms with Crippen LogP contribution in [0.5, 0.6) is 5.75 Å². The first-order valence-corrected chi connectivity index (χ1v) is 8.21.